The van der Waals surface area contributed by atoms with E-state index in [0.717, 1.165) is 32.5 Å². The summed E-state index contributed by atoms with van der Waals surface area (Å²) in [5, 5.41) is 0. The van der Waals surface area contributed by atoms with E-state index in [0.29, 0.717) is 12.3 Å². The van der Waals surface area contributed by atoms with E-state index in [-0.39, 0.29) is 0 Å². The van der Waals surface area contributed by atoms with Crippen LogP contribution < -0.4 is 0 Å². The van der Waals surface area contributed by atoms with Gasteiger partial charge in [0.25, 0.3) is 0 Å². The van der Waals surface area contributed by atoms with Crippen molar-refractivity contribution in [2.45, 2.75) is 19.3 Å². The van der Waals surface area contributed by atoms with Gasteiger partial charge in [-0.2, -0.15) is 0 Å². The predicted molar refractivity (Wildman–Crippen MR) is 58.1 cm³/mol. The molecule has 14 heavy (non-hydrogen) atoms. The van der Waals surface area contributed by atoms with Crippen molar-refractivity contribution in [3.63, 3.8) is 0 Å². The van der Waals surface area contributed by atoms with E-state index in [1.54, 1.807) is 0 Å². The summed E-state index contributed by atoms with van der Waals surface area (Å²) < 4.78 is 0. The van der Waals surface area contributed by atoms with Gasteiger partial charge in [0, 0.05) is 19.5 Å². The second-order valence-corrected chi connectivity index (χ2v) is 4.01. The molecule has 0 bridgehead atoms. The molecule has 0 fully saturated rings. The first-order valence-corrected chi connectivity index (χ1v) is 5.27. The largest absolute Gasteiger partial charge is 0.339 e. The van der Waals surface area contributed by atoms with Crippen LogP contribution in [0.5, 0.6) is 0 Å². The fraction of sp³-hybridized carbons (Fsp3) is 0.727. The Kier molecular flexibility index (Phi) is 4.66. The van der Waals surface area contributed by atoms with Crippen LogP contribution in [0.3, 0.4) is 0 Å². The van der Waals surface area contributed by atoms with Crippen molar-refractivity contribution in [1.29, 1.82) is 0 Å². The minimum atomic E-state index is 0.302. The van der Waals surface area contributed by atoms with Crippen LogP contribution in [-0.2, 0) is 4.79 Å². The third-order valence-electron chi connectivity index (χ3n) is 2.41. The van der Waals surface area contributed by atoms with Crippen molar-refractivity contribution in [3.8, 4) is 0 Å². The molecule has 0 aromatic rings. The molecule has 0 aliphatic carbocycles. The van der Waals surface area contributed by atoms with Crippen molar-refractivity contribution in [2.24, 2.45) is 0 Å². The van der Waals surface area contributed by atoms with Crippen LogP contribution in [0.4, 0.5) is 0 Å². The van der Waals surface area contributed by atoms with E-state index in [1.165, 1.54) is 0 Å². The Balaban J connectivity index is 2.17. The van der Waals surface area contributed by atoms with E-state index in [4.69, 9.17) is 0 Å². The fourth-order valence-corrected chi connectivity index (χ4v) is 1.57. The maximum atomic E-state index is 11.7. The summed E-state index contributed by atoms with van der Waals surface area (Å²) in [7, 11) is 4.07. The molecule has 1 aliphatic rings. The zero-order chi connectivity index (χ0) is 10.4. The monoisotopic (exact) mass is 196 g/mol. The molecule has 0 aromatic heterocycles. The molecule has 0 radical (unpaired) electrons. The van der Waals surface area contributed by atoms with Crippen molar-refractivity contribution in [1.82, 2.24) is 9.80 Å². The summed E-state index contributed by atoms with van der Waals surface area (Å²) in [6.45, 7) is 2.70. The van der Waals surface area contributed by atoms with Crippen molar-refractivity contribution >= 4 is 5.91 Å². The first-order chi connectivity index (χ1) is 6.70. The third-order valence-corrected chi connectivity index (χ3v) is 2.41. The lowest BCUT2D eigenvalue weighted by atomic mass is 10.2. The average molecular weight is 196 g/mol. The minimum absolute atomic E-state index is 0.302. The van der Waals surface area contributed by atoms with Gasteiger partial charge < -0.3 is 9.80 Å². The molecule has 0 aromatic carbocycles. The highest BCUT2D eigenvalue weighted by molar-refractivity contribution is 5.76. The molecule has 1 rings (SSSR count). The molecule has 1 heterocycles. The van der Waals surface area contributed by atoms with Gasteiger partial charge in [-0.05, 0) is 33.5 Å². The van der Waals surface area contributed by atoms with Gasteiger partial charge in [0.2, 0.25) is 5.91 Å². The Hall–Kier alpha value is -0.830. The maximum Gasteiger partial charge on any atom is 0.222 e. The smallest absolute Gasteiger partial charge is 0.222 e. The lowest BCUT2D eigenvalue weighted by molar-refractivity contribution is -0.130. The van der Waals surface area contributed by atoms with E-state index < -0.39 is 0 Å². The van der Waals surface area contributed by atoms with Gasteiger partial charge in [-0.25, -0.2) is 0 Å². The number of hydrogen-bond acceptors (Lipinski definition) is 2. The molecule has 1 amide bonds. The van der Waals surface area contributed by atoms with Gasteiger partial charge in [0.1, 0.15) is 0 Å². The van der Waals surface area contributed by atoms with Gasteiger partial charge >= 0.3 is 0 Å². The standard InChI is InChI=1S/C11H20N2O/c1-12(2)8-6-7-11(14)13-9-4-3-5-10-13/h3-4H,5-10H2,1-2H3. The topological polar surface area (TPSA) is 23.6 Å². The molecule has 0 spiro atoms. The quantitative estimate of drug-likeness (QED) is 0.629. The van der Waals surface area contributed by atoms with Crippen LogP contribution in [-0.4, -0.2) is 49.4 Å². The van der Waals surface area contributed by atoms with E-state index >= 15 is 0 Å². The summed E-state index contributed by atoms with van der Waals surface area (Å²) >= 11 is 0. The molecule has 3 nitrogen and oxygen atoms in total. The number of nitrogens with zero attached hydrogens (tertiary/aromatic N) is 2. The molecular formula is C11H20N2O. The average Bonchev–Trinajstić information content (AvgIpc) is 2.18. The first-order valence-electron chi connectivity index (χ1n) is 5.27. The van der Waals surface area contributed by atoms with Crippen LogP contribution in [0, 0.1) is 0 Å². The zero-order valence-electron chi connectivity index (χ0n) is 9.20. The lowest BCUT2D eigenvalue weighted by Crippen LogP contribution is -2.34. The normalized spacial score (nSPS) is 16.4. The molecule has 0 N–H and O–H groups in total. The molecule has 0 saturated carbocycles. The Bertz CT molecular complexity index is 211. The van der Waals surface area contributed by atoms with Crippen molar-refractivity contribution in [3.05, 3.63) is 12.2 Å². The second kappa shape index (κ2) is 5.81. The second-order valence-electron chi connectivity index (χ2n) is 4.01. The molecule has 80 valence electrons. The maximum absolute atomic E-state index is 11.7. The molecule has 0 saturated heterocycles. The molecule has 1 aliphatic heterocycles. The van der Waals surface area contributed by atoms with Gasteiger partial charge in [-0.3, -0.25) is 4.79 Å². The predicted octanol–water partition coefficient (Wildman–Crippen LogP) is 1.12. The number of carbonyl (C=O) groups excluding carboxylic acids is 1. The molecule has 3 heteroatoms. The van der Waals surface area contributed by atoms with Crippen LogP contribution in [0.1, 0.15) is 19.3 Å². The van der Waals surface area contributed by atoms with Crippen LogP contribution >= 0.6 is 0 Å². The van der Waals surface area contributed by atoms with Crippen LogP contribution in [0.15, 0.2) is 12.2 Å². The van der Waals surface area contributed by atoms with Crippen LogP contribution in [0.25, 0.3) is 0 Å². The highest BCUT2D eigenvalue weighted by Crippen LogP contribution is 2.04. The Morgan fingerprint density at radius 1 is 1.43 bits per heavy atom. The Morgan fingerprint density at radius 3 is 2.79 bits per heavy atom. The highest BCUT2D eigenvalue weighted by atomic mass is 16.2. The third kappa shape index (κ3) is 3.92. The Morgan fingerprint density at radius 2 is 2.21 bits per heavy atom. The number of amides is 1. The van der Waals surface area contributed by atoms with Gasteiger partial charge in [-0.15, -0.1) is 0 Å². The Labute approximate surface area is 86.4 Å². The molecule has 0 atom stereocenters. The molecule has 0 unspecified atom stereocenters. The van der Waals surface area contributed by atoms with Crippen molar-refractivity contribution in [2.75, 3.05) is 33.7 Å². The fourth-order valence-electron chi connectivity index (χ4n) is 1.57. The number of carbonyl (C=O) groups is 1. The number of rotatable bonds is 4. The summed E-state index contributed by atoms with van der Waals surface area (Å²) in [5.74, 6) is 0.302. The minimum Gasteiger partial charge on any atom is -0.339 e. The summed E-state index contributed by atoms with van der Waals surface area (Å²) in [5.41, 5.74) is 0. The van der Waals surface area contributed by atoms with Gasteiger partial charge in [-0.1, -0.05) is 12.2 Å². The van der Waals surface area contributed by atoms with Gasteiger partial charge in [0.15, 0.2) is 0 Å². The van der Waals surface area contributed by atoms with E-state index in [2.05, 4.69) is 17.1 Å². The van der Waals surface area contributed by atoms with Gasteiger partial charge in [0.05, 0.1) is 0 Å². The summed E-state index contributed by atoms with van der Waals surface area (Å²) in [6, 6.07) is 0. The molecular weight excluding hydrogens is 176 g/mol. The number of hydrogen-bond donors (Lipinski definition) is 0. The van der Waals surface area contributed by atoms with E-state index in [9.17, 15) is 4.79 Å². The first kappa shape index (κ1) is 11.2. The van der Waals surface area contributed by atoms with Crippen LogP contribution in [0.2, 0.25) is 0 Å². The zero-order valence-corrected chi connectivity index (χ0v) is 9.20. The summed E-state index contributed by atoms with van der Waals surface area (Å²) in [6.07, 6.45) is 6.88. The SMILES string of the molecule is CN(C)CCCC(=O)N1CC=CCC1. The van der Waals surface area contributed by atoms with E-state index in [1.807, 2.05) is 19.0 Å². The van der Waals surface area contributed by atoms with Crippen molar-refractivity contribution < 1.29 is 4.79 Å². The lowest BCUT2D eigenvalue weighted by Gasteiger charge is -2.23. The highest BCUT2D eigenvalue weighted by Gasteiger charge is 2.12. The summed E-state index contributed by atoms with van der Waals surface area (Å²) in [4.78, 5) is 15.7.